The minimum absolute atomic E-state index is 0.0641. The summed E-state index contributed by atoms with van der Waals surface area (Å²) < 4.78 is 0. The monoisotopic (exact) mass is 366 g/mol. The highest BCUT2D eigenvalue weighted by atomic mass is 16.1. The van der Waals surface area contributed by atoms with Crippen LogP contribution in [0.15, 0.2) is 71.3 Å². The Hall–Kier alpha value is -2.74. The Balaban J connectivity index is 1.55. The van der Waals surface area contributed by atoms with Gasteiger partial charge < -0.3 is 0 Å². The summed E-state index contributed by atoms with van der Waals surface area (Å²) in [6.45, 7) is 0. The van der Waals surface area contributed by atoms with Crippen molar-refractivity contribution < 1.29 is 9.59 Å². The molecular formula is C26H22O2. The van der Waals surface area contributed by atoms with Crippen molar-refractivity contribution in [3.63, 3.8) is 0 Å². The molecule has 0 amide bonds. The van der Waals surface area contributed by atoms with Crippen LogP contribution in [0.2, 0.25) is 0 Å². The Morgan fingerprint density at radius 3 is 1.68 bits per heavy atom. The highest BCUT2D eigenvalue weighted by Crippen LogP contribution is 2.57. The van der Waals surface area contributed by atoms with E-state index in [0.29, 0.717) is 0 Å². The van der Waals surface area contributed by atoms with Crippen LogP contribution in [-0.2, 0) is 9.59 Å². The molecule has 7 rings (SSSR count). The molecule has 0 aromatic heterocycles. The molecular weight excluding hydrogens is 344 g/mol. The van der Waals surface area contributed by atoms with Crippen molar-refractivity contribution >= 4 is 11.6 Å². The molecule has 2 bridgehead atoms. The fourth-order valence-corrected chi connectivity index (χ4v) is 6.03. The van der Waals surface area contributed by atoms with Crippen molar-refractivity contribution in [3.05, 3.63) is 93.6 Å². The van der Waals surface area contributed by atoms with Crippen molar-refractivity contribution in [1.29, 1.82) is 0 Å². The van der Waals surface area contributed by atoms with E-state index in [-0.39, 0.29) is 29.3 Å². The molecule has 0 aliphatic heterocycles. The molecule has 0 spiro atoms. The van der Waals surface area contributed by atoms with Gasteiger partial charge >= 0.3 is 0 Å². The molecule has 1 saturated carbocycles. The van der Waals surface area contributed by atoms with Gasteiger partial charge in [-0.15, -0.1) is 0 Å². The first-order chi connectivity index (χ1) is 13.8. The molecule has 0 N–H and O–H groups in total. The smallest absolute Gasteiger partial charge is 0.186 e. The Morgan fingerprint density at radius 2 is 1.14 bits per heavy atom. The van der Waals surface area contributed by atoms with Crippen LogP contribution in [0.4, 0.5) is 0 Å². The fourth-order valence-electron chi connectivity index (χ4n) is 6.03. The summed E-state index contributed by atoms with van der Waals surface area (Å²) in [5, 5.41) is 0. The number of rotatable bonds is 1. The second kappa shape index (κ2) is 5.88. The lowest BCUT2D eigenvalue weighted by Crippen LogP contribution is -2.37. The zero-order valence-electron chi connectivity index (χ0n) is 15.8. The average molecular weight is 366 g/mol. The van der Waals surface area contributed by atoms with E-state index in [2.05, 4.69) is 36.4 Å². The number of hydrogen-bond donors (Lipinski definition) is 0. The fraction of sp³-hybridized carbons (Fsp3) is 0.308. The largest absolute Gasteiger partial charge is 0.290 e. The summed E-state index contributed by atoms with van der Waals surface area (Å²) in [5.41, 5.74) is 7.10. The van der Waals surface area contributed by atoms with E-state index in [0.717, 1.165) is 42.4 Å². The normalized spacial score (nSPS) is 25.9. The van der Waals surface area contributed by atoms with Crippen molar-refractivity contribution in [3.8, 4) is 0 Å². The molecule has 5 aliphatic rings. The standard InChI is InChI=1S/C26H22O2/c27-21-14-20(15-8-2-1-3-9-15)26(28)25-23-18-12-6-4-10-16(18)22(24(21)25)17-11-5-7-13-19(17)23/h4-7,10-15,22-23H,1-3,8-9H2. The van der Waals surface area contributed by atoms with E-state index >= 15 is 0 Å². The van der Waals surface area contributed by atoms with Gasteiger partial charge in [0.25, 0.3) is 0 Å². The molecule has 0 heterocycles. The van der Waals surface area contributed by atoms with Crippen LogP contribution in [0.25, 0.3) is 0 Å². The Labute approximate surface area is 165 Å². The van der Waals surface area contributed by atoms with Gasteiger partial charge in [0.05, 0.1) is 0 Å². The van der Waals surface area contributed by atoms with Gasteiger partial charge in [-0.2, -0.15) is 0 Å². The minimum Gasteiger partial charge on any atom is -0.290 e. The van der Waals surface area contributed by atoms with E-state index < -0.39 is 0 Å². The van der Waals surface area contributed by atoms with Gasteiger partial charge in [-0.3, -0.25) is 9.59 Å². The van der Waals surface area contributed by atoms with Crippen LogP contribution in [0.5, 0.6) is 0 Å². The first-order valence-corrected chi connectivity index (χ1v) is 10.5. The van der Waals surface area contributed by atoms with Crippen molar-refractivity contribution in [2.45, 2.75) is 43.9 Å². The first kappa shape index (κ1) is 16.2. The van der Waals surface area contributed by atoms with Crippen LogP contribution >= 0.6 is 0 Å². The lowest BCUT2D eigenvalue weighted by atomic mass is 9.57. The number of Topliss-reactive ketones (excluding diaryl/α,β-unsaturated/α-hetero) is 1. The van der Waals surface area contributed by atoms with Gasteiger partial charge in [0.1, 0.15) is 0 Å². The van der Waals surface area contributed by atoms with E-state index in [1.54, 1.807) is 6.08 Å². The van der Waals surface area contributed by atoms with Crippen LogP contribution < -0.4 is 0 Å². The van der Waals surface area contributed by atoms with Gasteiger partial charge in [0, 0.05) is 28.6 Å². The first-order valence-electron chi connectivity index (χ1n) is 10.5. The van der Waals surface area contributed by atoms with Gasteiger partial charge in [0.15, 0.2) is 11.6 Å². The third kappa shape index (κ3) is 2.03. The highest BCUT2D eigenvalue weighted by molar-refractivity contribution is 6.25. The average Bonchev–Trinajstić information content (AvgIpc) is 2.76. The lowest BCUT2D eigenvalue weighted by molar-refractivity contribution is -0.116. The van der Waals surface area contributed by atoms with Crippen molar-refractivity contribution in [2.24, 2.45) is 5.92 Å². The zero-order chi connectivity index (χ0) is 18.8. The molecule has 5 aliphatic carbocycles. The van der Waals surface area contributed by atoms with Gasteiger partial charge in [-0.25, -0.2) is 0 Å². The second-order valence-corrected chi connectivity index (χ2v) is 8.58. The third-order valence-electron chi connectivity index (χ3n) is 7.21. The molecule has 0 unspecified atom stereocenters. The quantitative estimate of drug-likeness (QED) is 0.648. The second-order valence-electron chi connectivity index (χ2n) is 8.58. The SMILES string of the molecule is O=C1C=C(C2CCCCC2)C(=O)C2=C1C1c3ccccc3C2c2ccccc21. The topological polar surface area (TPSA) is 34.1 Å². The molecule has 2 heteroatoms. The zero-order valence-corrected chi connectivity index (χ0v) is 15.8. The summed E-state index contributed by atoms with van der Waals surface area (Å²) in [7, 11) is 0. The van der Waals surface area contributed by atoms with E-state index in [4.69, 9.17) is 0 Å². The Morgan fingerprint density at radius 1 is 0.643 bits per heavy atom. The predicted molar refractivity (Wildman–Crippen MR) is 108 cm³/mol. The summed E-state index contributed by atoms with van der Waals surface area (Å²) in [6, 6.07) is 16.7. The number of benzene rings is 2. The van der Waals surface area contributed by atoms with Crippen LogP contribution in [-0.4, -0.2) is 11.6 Å². The van der Waals surface area contributed by atoms with E-state index in [1.165, 1.54) is 28.7 Å². The minimum atomic E-state index is -0.104. The summed E-state index contributed by atoms with van der Waals surface area (Å²) in [6.07, 6.45) is 7.33. The van der Waals surface area contributed by atoms with Crippen LogP contribution in [0.3, 0.4) is 0 Å². The van der Waals surface area contributed by atoms with Crippen molar-refractivity contribution in [1.82, 2.24) is 0 Å². The number of ketones is 2. The number of carbonyl (C=O) groups is 2. The maximum atomic E-state index is 13.7. The molecule has 0 atom stereocenters. The summed E-state index contributed by atoms with van der Waals surface area (Å²) in [5.74, 6) is 0.254. The van der Waals surface area contributed by atoms with Crippen molar-refractivity contribution in [2.75, 3.05) is 0 Å². The molecule has 0 saturated heterocycles. The third-order valence-corrected chi connectivity index (χ3v) is 7.21. The van der Waals surface area contributed by atoms with Crippen LogP contribution in [0, 0.1) is 5.92 Å². The molecule has 0 radical (unpaired) electrons. The predicted octanol–water partition coefficient (Wildman–Crippen LogP) is 5.23. The Bertz CT molecular complexity index is 1050. The maximum Gasteiger partial charge on any atom is 0.186 e. The molecule has 2 nitrogen and oxygen atoms in total. The maximum absolute atomic E-state index is 13.7. The van der Waals surface area contributed by atoms with Crippen LogP contribution in [0.1, 0.15) is 66.2 Å². The highest BCUT2D eigenvalue weighted by Gasteiger charge is 2.49. The molecule has 1 fully saturated rings. The molecule has 2 aromatic rings. The molecule has 28 heavy (non-hydrogen) atoms. The Kier molecular flexibility index (Phi) is 3.41. The van der Waals surface area contributed by atoms with E-state index in [9.17, 15) is 9.59 Å². The number of allylic oxidation sites excluding steroid dienone is 4. The van der Waals surface area contributed by atoms with Gasteiger partial charge in [-0.1, -0.05) is 67.8 Å². The van der Waals surface area contributed by atoms with E-state index in [1.807, 2.05) is 12.1 Å². The summed E-state index contributed by atoms with van der Waals surface area (Å²) >= 11 is 0. The molecule has 2 aromatic carbocycles. The number of carbonyl (C=O) groups excluding carboxylic acids is 2. The van der Waals surface area contributed by atoms with Gasteiger partial charge in [-0.05, 0) is 47.1 Å². The summed E-state index contributed by atoms with van der Waals surface area (Å²) in [4.78, 5) is 27.1. The lowest BCUT2D eigenvalue weighted by Gasteiger charge is -2.44. The molecule has 138 valence electrons. The van der Waals surface area contributed by atoms with Gasteiger partial charge in [0.2, 0.25) is 0 Å². The number of hydrogen-bond acceptors (Lipinski definition) is 2.